The van der Waals surface area contributed by atoms with Crippen LogP contribution in [0, 0.1) is 0 Å². The average Bonchev–Trinajstić information content (AvgIpc) is 2.28. The van der Waals surface area contributed by atoms with Crippen LogP contribution in [-0.2, 0) is 0 Å². The number of hydrogen-bond donors (Lipinski definition) is 1. The minimum Gasteiger partial charge on any atom is -0.370 e. The lowest BCUT2D eigenvalue weighted by molar-refractivity contribution is 0.283. The summed E-state index contributed by atoms with van der Waals surface area (Å²) < 4.78 is 0. The Hall–Kier alpha value is -0.770. The van der Waals surface area contributed by atoms with Gasteiger partial charge in [0, 0.05) is 20.1 Å². The fourth-order valence-corrected chi connectivity index (χ4v) is 1.60. The molecule has 0 amide bonds. The van der Waals surface area contributed by atoms with E-state index >= 15 is 0 Å². The highest BCUT2D eigenvalue weighted by molar-refractivity contribution is 5.77. The number of nitrogens with two attached hydrogens (primary N) is 1. The smallest absolute Gasteiger partial charge is 0.190 e. The molecule has 0 rings (SSSR count). The predicted molar refractivity (Wildman–Crippen MR) is 67.2 cm³/mol. The van der Waals surface area contributed by atoms with Gasteiger partial charge in [-0.25, -0.2) is 0 Å². The molecule has 0 aromatic carbocycles. The maximum atomic E-state index is 5.77. The predicted octanol–water partition coefficient (Wildman–Crippen LogP) is 0.985. The van der Waals surface area contributed by atoms with E-state index in [0.717, 1.165) is 39.1 Å². The van der Waals surface area contributed by atoms with E-state index in [-0.39, 0.29) is 0 Å². The molecule has 0 aliphatic carbocycles. The SMILES string of the molecule is CCN(CC)CCCN(CC)C(N)=NC. The highest BCUT2D eigenvalue weighted by atomic mass is 15.2. The number of hydrogen-bond acceptors (Lipinski definition) is 2. The third-order valence-corrected chi connectivity index (χ3v) is 2.73. The summed E-state index contributed by atoms with van der Waals surface area (Å²) in [6.45, 7) is 11.8. The molecule has 0 aromatic rings. The van der Waals surface area contributed by atoms with Crippen molar-refractivity contribution in [1.82, 2.24) is 9.80 Å². The molecule has 0 aromatic heterocycles. The van der Waals surface area contributed by atoms with Gasteiger partial charge in [-0.1, -0.05) is 13.8 Å². The van der Waals surface area contributed by atoms with Gasteiger partial charge in [0.05, 0.1) is 0 Å². The van der Waals surface area contributed by atoms with Crippen LogP contribution in [0.1, 0.15) is 27.2 Å². The first kappa shape index (κ1) is 14.2. The second kappa shape index (κ2) is 8.53. The van der Waals surface area contributed by atoms with Crippen molar-refractivity contribution < 1.29 is 0 Å². The van der Waals surface area contributed by atoms with Crippen molar-refractivity contribution in [3.05, 3.63) is 0 Å². The summed E-state index contributed by atoms with van der Waals surface area (Å²) in [5.41, 5.74) is 5.77. The molecule has 0 saturated carbocycles. The van der Waals surface area contributed by atoms with Gasteiger partial charge < -0.3 is 15.5 Å². The lowest BCUT2D eigenvalue weighted by Gasteiger charge is -2.24. The first-order valence-corrected chi connectivity index (χ1v) is 5.89. The van der Waals surface area contributed by atoms with E-state index in [9.17, 15) is 0 Å². The van der Waals surface area contributed by atoms with Crippen LogP contribution in [0.25, 0.3) is 0 Å². The van der Waals surface area contributed by atoms with Crippen LogP contribution >= 0.6 is 0 Å². The van der Waals surface area contributed by atoms with Crippen LogP contribution < -0.4 is 5.73 Å². The van der Waals surface area contributed by atoms with Gasteiger partial charge in [-0.2, -0.15) is 0 Å². The summed E-state index contributed by atoms with van der Waals surface area (Å²) in [5, 5.41) is 0. The van der Waals surface area contributed by atoms with Gasteiger partial charge in [-0.3, -0.25) is 4.99 Å². The molecular weight excluding hydrogens is 188 g/mol. The van der Waals surface area contributed by atoms with E-state index in [1.54, 1.807) is 7.05 Å². The van der Waals surface area contributed by atoms with Crippen LogP contribution in [0.5, 0.6) is 0 Å². The van der Waals surface area contributed by atoms with E-state index in [0.29, 0.717) is 5.96 Å². The summed E-state index contributed by atoms with van der Waals surface area (Å²) in [4.78, 5) is 8.54. The highest BCUT2D eigenvalue weighted by Gasteiger charge is 2.05. The fraction of sp³-hybridized carbons (Fsp3) is 0.909. The molecule has 0 heterocycles. The van der Waals surface area contributed by atoms with Crippen molar-refractivity contribution in [2.75, 3.05) is 39.8 Å². The average molecular weight is 214 g/mol. The van der Waals surface area contributed by atoms with Crippen molar-refractivity contribution in [3.8, 4) is 0 Å². The molecule has 0 radical (unpaired) electrons. The highest BCUT2D eigenvalue weighted by Crippen LogP contribution is 1.95. The maximum absolute atomic E-state index is 5.77. The monoisotopic (exact) mass is 214 g/mol. The molecular formula is C11H26N4. The zero-order valence-corrected chi connectivity index (χ0v) is 10.7. The molecule has 0 atom stereocenters. The van der Waals surface area contributed by atoms with Crippen LogP contribution in [0.2, 0.25) is 0 Å². The molecule has 4 nitrogen and oxygen atoms in total. The third-order valence-electron chi connectivity index (χ3n) is 2.73. The Morgan fingerprint density at radius 1 is 1.07 bits per heavy atom. The normalized spacial score (nSPS) is 12.2. The zero-order chi connectivity index (χ0) is 11.7. The van der Waals surface area contributed by atoms with Crippen LogP contribution in [0.4, 0.5) is 0 Å². The van der Waals surface area contributed by atoms with Crippen LogP contribution in [0.3, 0.4) is 0 Å². The summed E-state index contributed by atoms with van der Waals surface area (Å²) in [7, 11) is 1.74. The lowest BCUT2D eigenvalue weighted by Crippen LogP contribution is -2.39. The van der Waals surface area contributed by atoms with E-state index in [1.807, 2.05) is 0 Å². The molecule has 0 unspecified atom stereocenters. The second-order valence-electron chi connectivity index (χ2n) is 3.54. The van der Waals surface area contributed by atoms with Gasteiger partial charge >= 0.3 is 0 Å². The van der Waals surface area contributed by atoms with E-state index < -0.39 is 0 Å². The number of guanidine groups is 1. The summed E-state index contributed by atoms with van der Waals surface area (Å²) >= 11 is 0. The Kier molecular flexibility index (Phi) is 8.09. The Morgan fingerprint density at radius 2 is 1.67 bits per heavy atom. The molecule has 90 valence electrons. The lowest BCUT2D eigenvalue weighted by atomic mass is 10.3. The van der Waals surface area contributed by atoms with Crippen molar-refractivity contribution >= 4 is 5.96 Å². The molecule has 2 N–H and O–H groups in total. The number of nitrogens with zero attached hydrogens (tertiary/aromatic N) is 3. The van der Waals surface area contributed by atoms with Gasteiger partial charge in [0.2, 0.25) is 0 Å². The molecule has 0 aliphatic heterocycles. The van der Waals surface area contributed by atoms with Crippen LogP contribution in [0.15, 0.2) is 4.99 Å². The van der Waals surface area contributed by atoms with Crippen molar-refractivity contribution in [3.63, 3.8) is 0 Å². The van der Waals surface area contributed by atoms with Crippen molar-refractivity contribution in [1.29, 1.82) is 0 Å². The summed E-state index contributed by atoms with van der Waals surface area (Å²) in [6.07, 6.45) is 1.14. The summed E-state index contributed by atoms with van der Waals surface area (Å²) in [5.74, 6) is 0.650. The standard InChI is InChI=1S/C11H26N4/c1-5-14(6-2)9-8-10-15(7-3)11(12)13-4/h5-10H2,1-4H3,(H2,12,13). The third kappa shape index (κ3) is 5.62. The van der Waals surface area contributed by atoms with Gasteiger partial charge in [0.15, 0.2) is 5.96 Å². The van der Waals surface area contributed by atoms with Gasteiger partial charge in [-0.05, 0) is 33.0 Å². The second-order valence-corrected chi connectivity index (χ2v) is 3.54. The van der Waals surface area contributed by atoms with E-state index in [1.165, 1.54) is 0 Å². The first-order chi connectivity index (χ1) is 7.19. The maximum Gasteiger partial charge on any atom is 0.190 e. The molecule has 4 heteroatoms. The Morgan fingerprint density at radius 3 is 2.07 bits per heavy atom. The van der Waals surface area contributed by atoms with Crippen LogP contribution in [-0.4, -0.2) is 55.5 Å². The topological polar surface area (TPSA) is 44.9 Å². The van der Waals surface area contributed by atoms with E-state index in [4.69, 9.17) is 5.73 Å². The number of aliphatic imine (C=N–C) groups is 1. The molecule has 0 spiro atoms. The van der Waals surface area contributed by atoms with Gasteiger partial charge in [0.1, 0.15) is 0 Å². The molecule has 15 heavy (non-hydrogen) atoms. The first-order valence-electron chi connectivity index (χ1n) is 5.89. The quantitative estimate of drug-likeness (QED) is 0.507. The Labute approximate surface area is 94.1 Å². The Balaban J connectivity index is 3.81. The molecule has 0 saturated heterocycles. The summed E-state index contributed by atoms with van der Waals surface area (Å²) in [6, 6.07) is 0. The largest absolute Gasteiger partial charge is 0.370 e. The van der Waals surface area contributed by atoms with Crippen molar-refractivity contribution in [2.45, 2.75) is 27.2 Å². The molecule has 0 bridgehead atoms. The van der Waals surface area contributed by atoms with Crippen molar-refractivity contribution in [2.24, 2.45) is 10.7 Å². The fourth-order valence-electron chi connectivity index (χ4n) is 1.60. The Bertz CT molecular complexity index is 175. The minimum absolute atomic E-state index is 0.650. The van der Waals surface area contributed by atoms with Gasteiger partial charge in [0.25, 0.3) is 0 Å². The minimum atomic E-state index is 0.650. The number of rotatable bonds is 7. The molecule has 0 fully saturated rings. The zero-order valence-electron chi connectivity index (χ0n) is 10.7. The molecule has 0 aliphatic rings. The van der Waals surface area contributed by atoms with E-state index in [2.05, 4.69) is 35.6 Å². The van der Waals surface area contributed by atoms with Gasteiger partial charge in [-0.15, -0.1) is 0 Å².